The molecule has 1 aliphatic heterocycles. The molecule has 0 radical (unpaired) electrons. The molecule has 3 unspecified atom stereocenters. The summed E-state index contributed by atoms with van der Waals surface area (Å²) in [6.45, 7) is 8.10. The summed E-state index contributed by atoms with van der Waals surface area (Å²) in [5, 5.41) is 12.3. The highest BCUT2D eigenvalue weighted by Crippen LogP contribution is 2.67. The van der Waals surface area contributed by atoms with Crippen molar-refractivity contribution in [3.63, 3.8) is 0 Å². The van der Waals surface area contributed by atoms with Crippen molar-refractivity contribution in [3.8, 4) is 17.1 Å². The van der Waals surface area contributed by atoms with Crippen LogP contribution in [-0.4, -0.2) is 58.7 Å². The van der Waals surface area contributed by atoms with Gasteiger partial charge in [-0.1, -0.05) is 26.0 Å². The third kappa shape index (κ3) is 5.81. The number of ether oxygens (including phenoxy) is 4. The van der Waals surface area contributed by atoms with Gasteiger partial charge in [-0.15, -0.1) is 0 Å². The van der Waals surface area contributed by atoms with E-state index in [0.29, 0.717) is 30.3 Å². The minimum Gasteiger partial charge on any atom is -0.482 e. The number of carbonyl (C=O) groups is 4. The Balaban J connectivity index is 1.50. The van der Waals surface area contributed by atoms with E-state index in [1.54, 1.807) is 25.3 Å². The highest BCUT2D eigenvalue weighted by Gasteiger charge is 2.71. The van der Waals surface area contributed by atoms with Gasteiger partial charge in [0.1, 0.15) is 47.8 Å². The van der Waals surface area contributed by atoms with Crippen molar-refractivity contribution in [3.05, 3.63) is 82.0 Å². The number of nitrogens with zero attached hydrogens (tertiary/aromatic N) is 1. The van der Waals surface area contributed by atoms with Crippen molar-refractivity contribution in [2.45, 2.75) is 77.8 Å². The number of hydrogen-bond acceptors (Lipinski definition) is 12. The number of carbonyl (C=O) groups excluding carboxylic acids is 4. The largest absolute Gasteiger partial charge is 0.482 e. The van der Waals surface area contributed by atoms with Crippen LogP contribution in [0.5, 0.6) is 5.75 Å². The number of hydrogen-bond donors (Lipinski definition) is 1. The Kier molecular flexibility index (Phi) is 8.72. The van der Waals surface area contributed by atoms with Crippen molar-refractivity contribution in [1.82, 2.24) is 4.98 Å². The molecular formula is C37H39NO11. The van der Waals surface area contributed by atoms with Gasteiger partial charge in [-0.05, 0) is 61.8 Å². The van der Waals surface area contributed by atoms with E-state index in [2.05, 4.69) is 4.98 Å². The molecule has 2 aliphatic carbocycles. The number of aromatic nitrogens is 1. The molecule has 0 saturated heterocycles. The Morgan fingerprint density at radius 3 is 2.41 bits per heavy atom. The van der Waals surface area contributed by atoms with Crippen LogP contribution in [0.4, 0.5) is 0 Å². The quantitative estimate of drug-likeness (QED) is 0.206. The Bertz CT molecular complexity index is 1840. The number of aldehydes is 1. The number of aliphatic hydroxyl groups excluding tert-OH is 1. The third-order valence-electron chi connectivity index (χ3n) is 11.0. The van der Waals surface area contributed by atoms with Gasteiger partial charge in [0.05, 0.1) is 11.7 Å². The summed E-state index contributed by atoms with van der Waals surface area (Å²) in [4.78, 5) is 67.1. The van der Waals surface area contributed by atoms with E-state index in [1.165, 1.54) is 50.4 Å². The van der Waals surface area contributed by atoms with Crippen LogP contribution in [0.3, 0.4) is 0 Å². The first-order valence-electron chi connectivity index (χ1n) is 16.2. The summed E-state index contributed by atoms with van der Waals surface area (Å²) in [7, 11) is 0. The molecule has 6 rings (SSSR count). The Labute approximate surface area is 282 Å². The molecular weight excluding hydrogens is 634 g/mol. The fraction of sp³-hybridized carbons (Fsp3) is 0.459. The predicted molar refractivity (Wildman–Crippen MR) is 172 cm³/mol. The highest BCUT2D eigenvalue weighted by molar-refractivity contribution is 5.90. The van der Waals surface area contributed by atoms with Crippen molar-refractivity contribution in [2.24, 2.45) is 22.7 Å². The molecule has 3 aliphatic rings. The maximum Gasteiger partial charge on any atom is 0.345 e. The van der Waals surface area contributed by atoms with E-state index in [4.69, 9.17) is 23.4 Å². The van der Waals surface area contributed by atoms with Crippen molar-refractivity contribution in [1.29, 1.82) is 0 Å². The van der Waals surface area contributed by atoms with Crippen LogP contribution in [0, 0.1) is 22.7 Å². The fourth-order valence-electron chi connectivity index (χ4n) is 8.73. The first kappa shape index (κ1) is 34.0. The Hall–Kier alpha value is -4.84. The van der Waals surface area contributed by atoms with Gasteiger partial charge in [-0.25, -0.2) is 9.59 Å². The predicted octanol–water partition coefficient (Wildman–Crippen LogP) is 4.86. The van der Waals surface area contributed by atoms with E-state index >= 15 is 0 Å². The molecule has 8 atom stereocenters. The van der Waals surface area contributed by atoms with Crippen LogP contribution in [-0.2, 0) is 23.8 Å². The number of rotatable bonds is 7. The lowest BCUT2D eigenvalue weighted by molar-refractivity contribution is -0.266. The topological polar surface area (TPSA) is 169 Å². The van der Waals surface area contributed by atoms with Gasteiger partial charge in [0.25, 0.3) is 0 Å². The van der Waals surface area contributed by atoms with Crippen LogP contribution < -0.4 is 10.4 Å². The lowest BCUT2D eigenvalue weighted by Gasteiger charge is -2.66. The second kappa shape index (κ2) is 12.6. The maximum atomic E-state index is 13.7. The Morgan fingerprint density at radius 2 is 1.78 bits per heavy atom. The molecule has 2 aromatic heterocycles. The maximum absolute atomic E-state index is 13.7. The highest BCUT2D eigenvalue weighted by atomic mass is 16.6. The minimum absolute atomic E-state index is 0.0599. The first-order chi connectivity index (χ1) is 23.2. The summed E-state index contributed by atoms with van der Waals surface area (Å²) in [5.74, 6) is -2.75. The third-order valence-corrected chi connectivity index (χ3v) is 11.0. The second-order valence-corrected chi connectivity index (χ2v) is 14.0. The van der Waals surface area contributed by atoms with Gasteiger partial charge < -0.3 is 28.5 Å². The normalized spacial score (nSPS) is 31.5. The molecule has 0 bridgehead atoms. The van der Waals surface area contributed by atoms with E-state index in [1.807, 2.05) is 13.8 Å². The average Bonchev–Trinajstić information content (AvgIpc) is 3.06. The molecule has 1 aromatic carbocycles. The van der Waals surface area contributed by atoms with Crippen LogP contribution >= 0.6 is 0 Å². The summed E-state index contributed by atoms with van der Waals surface area (Å²) < 4.78 is 30.1. The minimum atomic E-state index is -1.42. The summed E-state index contributed by atoms with van der Waals surface area (Å²) in [6.07, 6.45) is 1.67. The number of esters is 3. The standard InChI is InChI=1S/C37H39NO11/c1-20(40)45-19-36(4)27-16-29(48-33(43)23-10-8-22(18-39)9-11-23)37(5)32(35(27,3)13-12-28(36)46-21(2)41)31(42)30-26(49-37)15-25(47-34(30)44)24-7-6-14-38-17-24/h6-11,14-15,17-18,27-29,31-32,42H,12-13,16,19H2,1-5H3/t27?,28-,29-,31-,32?,35-,36?,37+/m0/s1. The number of aliphatic hydroxyl groups is 1. The molecule has 2 saturated carbocycles. The zero-order valence-electron chi connectivity index (χ0n) is 28.0. The van der Waals surface area contributed by atoms with Gasteiger partial charge in [-0.2, -0.15) is 0 Å². The molecule has 258 valence electrons. The summed E-state index contributed by atoms with van der Waals surface area (Å²) in [6, 6.07) is 10.9. The van der Waals surface area contributed by atoms with Crippen LogP contribution in [0.25, 0.3) is 11.3 Å². The van der Waals surface area contributed by atoms with Gasteiger partial charge in [-0.3, -0.25) is 19.4 Å². The van der Waals surface area contributed by atoms with Crippen molar-refractivity contribution < 1.29 is 47.6 Å². The van der Waals surface area contributed by atoms with Crippen LogP contribution in [0.15, 0.2) is 64.1 Å². The van der Waals surface area contributed by atoms with Crippen molar-refractivity contribution >= 4 is 24.2 Å². The first-order valence-corrected chi connectivity index (χ1v) is 16.2. The average molecular weight is 674 g/mol. The molecule has 49 heavy (non-hydrogen) atoms. The van der Waals surface area contributed by atoms with Crippen LogP contribution in [0.1, 0.15) is 86.3 Å². The van der Waals surface area contributed by atoms with Gasteiger partial charge in [0.2, 0.25) is 0 Å². The summed E-state index contributed by atoms with van der Waals surface area (Å²) in [5.41, 5.74) is -2.93. The monoisotopic (exact) mass is 673 g/mol. The van der Waals surface area contributed by atoms with Gasteiger partial charge >= 0.3 is 23.5 Å². The zero-order chi connectivity index (χ0) is 35.3. The SMILES string of the molecule is CC(=O)OCC1(C)C2C[C@H](OC(=O)c3ccc(C=O)cc3)[C@@]3(C)Oc4cc(-c5cccnc5)oc(=O)c4[C@H](O)C3[C@@]2(C)CC[C@@H]1OC(C)=O. The van der Waals surface area contributed by atoms with E-state index in [0.717, 1.165) is 0 Å². The fourth-order valence-corrected chi connectivity index (χ4v) is 8.73. The van der Waals surface area contributed by atoms with E-state index < -0.39 is 70.1 Å². The molecule has 1 N–H and O–H groups in total. The molecule has 12 nitrogen and oxygen atoms in total. The molecule has 0 amide bonds. The number of pyridine rings is 1. The number of benzene rings is 1. The molecule has 3 heterocycles. The number of fused-ring (bicyclic) bond motifs is 4. The lowest BCUT2D eigenvalue weighted by atomic mass is 9.42. The van der Waals surface area contributed by atoms with E-state index in [-0.39, 0.29) is 35.7 Å². The van der Waals surface area contributed by atoms with E-state index in [9.17, 15) is 29.1 Å². The molecule has 2 fully saturated rings. The molecule has 12 heteroatoms. The van der Waals surface area contributed by atoms with Crippen LogP contribution in [0.2, 0.25) is 0 Å². The smallest absolute Gasteiger partial charge is 0.345 e. The molecule has 0 spiro atoms. The molecule has 3 aromatic rings. The summed E-state index contributed by atoms with van der Waals surface area (Å²) >= 11 is 0. The van der Waals surface area contributed by atoms with Gasteiger partial charge in [0, 0.05) is 54.8 Å². The Morgan fingerprint density at radius 1 is 1.04 bits per heavy atom. The van der Waals surface area contributed by atoms with Gasteiger partial charge in [0.15, 0.2) is 0 Å². The lowest BCUT2D eigenvalue weighted by Crippen LogP contribution is -2.71. The van der Waals surface area contributed by atoms with Crippen molar-refractivity contribution in [2.75, 3.05) is 6.61 Å². The zero-order valence-corrected chi connectivity index (χ0v) is 28.0. The second-order valence-electron chi connectivity index (χ2n) is 14.0.